The van der Waals surface area contributed by atoms with E-state index in [4.69, 9.17) is 10.5 Å². The normalized spacial score (nSPS) is 10.9. The fraction of sp³-hybridized carbons (Fsp3) is 0.133. The lowest BCUT2D eigenvalue weighted by Gasteiger charge is -2.03. The first-order chi connectivity index (χ1) is 9.61. The Morgan fingerprint density at radius 2 is 2.10 bits per heavy atom. The number of fused-ring (bicyclic) bond motifs is 1. The van der Waals surface area contributed by atoms with Crippen LogP contribution < -0.4 is 10.5 Å². The average Bonchev–Trinajstić information content (AvgIpc) is 2.76. The van der Waals surface area contributed by atoms with Gasteiger partial charge in [-0.25, -0.2) is 9.37 Å². The third-order valence-electron chi connectivity index (χ3n) is 3.31. The van der Waals surface area contributed by atoms with E-state index in [1.807, 2.05) is 25.3 Å². The molecule has 2 N–H and O–H groups in total. The lowest BCUT2D eigenvalue weighted by molar-refractivity contribution is 0.417. The quantitative estimate of drug-likeness (QED) is 0.779. The highest BCUT2D eigenvalue weighted by atomic mass is 19.1. The molecule has 5 heteroatoms. The van der Waals surface area contributed by atoms with Gasteiger partial charge in [-0.15, -0.1) is 0 Å². The van der Waals surface area contributed by atoms with Crippen molar-refractivity contribution in [1.29, 1.82) is 0 Å². The van der Waals surface area contributed by atoms with Gasteiger partial charge in [0, 0.05) is 11.8 Å². The molecule has 20 heavy (non-hydrogen) atoms. The Bertz CT molecular complexity index is 795. The van der Waals surface area contributed by atoms with Gasteiger partial charge in [-0.05, 0) is 42.8 Å². The van der Waals surface area contributed by atoms with Crippen molar-refractivity contribution in [3.8, 4) is 17.0 Å². The number of halogens is 1. The van der Waals surface area contributed by atoms with Gasteiger partial charge in [-0.1, -0.05) is 0 Å². The van der Waals surface area contributed by atoms with E-state index in [0.29, 0.717) is 22.9 Å². The number of ether oxygens (including phenoxy) is 1. The van der Waals surface area contributed by atoms with E-state index < -0.39 is 0 Å². The molecule has 4 nitrogen and oxygen atoms in total. The van der Waals surface area contributed by atoms with E-state index in [1.165, 1.54) is 12.1 Å². The van der Waals surface area contributed by atoms with Crippen LogP contribution in [-0.2, 0) is 0 Å². The molecule has 0 aliphatic rings. The molecular formula is C15H14FN3O. The van der Waals surface area contributed by atoms with Gasteiger partial charge in [0.1, 0.15) is 17.3 Å². The number of hydrogen-bond acceptors (Lipinski definition) is 3. The summed E-state index contributed by atoms with van der Waals surface area (Å²) >= 11 is 0. The number of nitrogens with zero attached hydrogens (tertiary/aromatic N) is 2. The molecule has 3 aromatic rings. The van der Waals surface area contributed by atoms with Gasteiger partial charge >= 0.3 is 0 Å². The highest BCUT2D eigenvalue weighted by molar-refractivity contribution is 5.78. The molecule has 102 valence electrons. The van der Waals surface area contributed by atoms with Crippen molar-refractivity contribution in [3.63, 3.8) is 0 Å². The van der Waals surface area contributed by atoms with Gasteiger partial charge < -0.3 is 10.5 Å². The van der Waals surface area contributed by atoms with E-state index >= 15 is 0 Å². The Balaban J connectivity index is 2.29. The van der Waals surface area contributed by atoms with Gasteiger partial charge in [0.15, 0.2) is 11.4 Å². The molecule has 2 heterocycles. The van der Waals surface area contributed by atoms with Crippen LogP contribution in [0.3, 0.4) is 0 Å². The van der Waals surface area contributed by atoms with Crippen molar-refractivity contribution >= 4 is 11.5 Å². The van der Waals surface area contributed by atoms with E-state index in [-0.39, 0.29) is 5.82 Å². The minimum atomic E-state index is -0.272. The summed E-state index contributed by atoms with van der Waals surface area (Å²) in [5.74, 6) is 0.880. The zero-order chi connectivity index (χ0) is 14.3. The van der Waals surface area contributed by atoms with Crippen molar-refractivity contribution in [1.82, 2.24) is 9.38 Å². The summed E-state index contributed by atoms with van der Waals surface area (Å²) in [5, 5.41) is 0. The fourth-order valence-corrected chi connectivity index (χ4v) is 2.31. The van der Waals surface area contributed by atoms with Gasteiger partial charge in [0.25, 0.3) is 0 Å². The second kappa shape index (κ2) is 4.52. The van der Waals surface area contributed by atoms with Crippen LogP contribution in [0.5, 0.6) is 5.75 Å². The van der Waals surface area contributed by atoms with Crippen LogP contribution in [0.15, 0.2) is 36.5 Å². The monoisotopic (exact) mass is 271 g/mol. The molecule has 0 radical (unpaired) electrons. The van der Waals surface area contributed by atoms with E-state index in [0.717, 1.165) is 11.1 Å². The zero-order valence-corrected chi connectivity index (χ0v) is 11.2. The molecular weight excluding hydrogens is 257 g/mol. The molecule has 3 rings (SSSR count). The number of rotatable bonds is 2. The Hall–Kier alpha value is -2.56. The topological polar surface area (TPSA) is 52.5 Å². The van der Waals surface area contributed by atoms with Gasteiger partial charge in [0.2, 0.25) is 0 Å². The minimum absolute atomic E-state index is 0.272. The van der Waals surface area contributed by atoms with E-state index in [1.54, 1.807) is 17.6 Å². The van der Waals surface area contributed by atoms with Crippen molar-refractivity contribution in [2.75, 3.05) is 12.8 Å². The smallest absolute Gasteiger partial charge is 0.181 e. The van der Waals surface area contributed by atoms with Crippen molar-refractivity contribution < 1.29 is 9.13 Å². The number of aryl methyl sites for hydroxylation is 1. The molecule has 0 spiro atoms. The zero-order valence-electron chi connectivity index (χ0n) is 11.2. The summed E-state index contributed by atoms with van der Waals surface area (Å²) in [6.45, 7) is 1.83. The number of anilines is 1. The number of nitrogen functional groups attached to an aromatic ring is 1. The molecule has 0 amide bonds. The van der Waals surface area contributed by atoms with Crippen LogP contribution in [0, 0.1) is 12.7 Å². The van der Waals surface area contributed by atoms with Crippen LogP contribution in [0.25, 0.3) is 16.9 Å². The summed E-state index contributed by atoms with van der Waals surface area (Å²) in [7, 11) is 1.59. The molecule has 0 fully saturated rings. The summed E-state index contributed by atoms with van der Waals surface area (Å²) in [4.78, 5) is 4.53. The summed E-state index contributed by atoms with van der Waals surface area (Å²) in [6, 6.07) is 8.22. The molecule has 0 saturated carbocycles. The first-order valence-corrected chi connectivity index (χ1v) is 6.19. The number of hydrogen-bond donors (Lipinski definition) is 1. The maximum atomic E-state index is 13.2. The Kier molecular flexibility index (Phi) is 2.82. The molecule has 0 atom stereocenters. The molecule has 2 aromatic heterocycles. The lowest BCUT2D eigenvalue weighted by Crippen LogP contribution is -1.95. The predicted molar refractivity (Wildman–Crippen MR) is 76.3 cm³/mol. The number of pyridine rings is 1. The summed E-state index contributed by atoms with van der Waals surface area (Å²) in [6.07, 6.45) is 1.82. The number of methoxy groups -OCH3 is 1. The molecule has 0 aliphatic heterocycles. The van der Waals surface area contributed by atoms with E-state index in [9.17, 15) is 4.39 Å². The van der Waals surface area contributed by atoms with Gasteiger partial charge in [-0.2, -0.15) is 0 Å². The first-order valence-electron chi connectivity index (χ1n) is 6.19. The predicted octanol–water partition coefficient (Wildman–Crippen LogP) is 3.04. The number of benzene rings is 1. The summed E-state index contributed by atoms with van der Waals surface area (Å²) < 4.78 is 20.3. The summed E-state index contributed by atoms with van der Waals surface area (Å²) in [5.41, 5.74) is 9.03. The molecule has 0 bridgehead atoms. The second-order valence-electron chi connectivity index (χ2n) is 4.58. The molecule has 0 unspecified atom stereocenters. The van der Waals surface area contributed by atoms with Crippen LogP contribution in [-0.4, -0.2) is 16.5 Å². The average molecular weight is 271 g/mol. The van der Waals surface area contributed by atoms with Crippen LogP contribution in [0.2, 0.25) is 0 Å². The molecule has 0 aliphatic carbocycles. The van der Waals surface area contributed by atoms with Crippen LogP contribution >= 0.6 is 0 Å². The fourth-order valence-electron chi connectivity index (χ4n) is 2.31. The first kappa shape index (κ1) is 12.5. The van der Waals surface area contributed by atoms with Gasteiger partial charge in [-0.3, -0.25) is 4.40 Å². The standard InChI is InChI=1S/C15H14FN3O/c1-9-8-10(16)5-6-11(9)13-14(17)19-7-3-4-12(20-2)15(19)18-13/h3-8H,17H2,1-2H3. The SMILES string of the molecule is COc1cccn2c(N)c(-c3ccc(F)cc3C)nc12. The second-order valence-corrected chi connectivity index (χ2v) is 4.58. The number of nitrogens with two attached hydrogens (primary N) is 1. The number of imidazole rings is 1. The van der Waals surface area contributed by atoms with Crippen molar-refractivity contribution in [3.05, 3.63) is 47.9 Å². The van der Waals surface area contributed by atoms with Crippen molar-refractivity contribution in [2.24, 2.45) is 0 Å². The third kappa shape index (κ3) is 1.79. The third-order valence-corrected chi connectivity index (χ3v) is 3.31. The maximum Gasteiger partial charge on any atom is 0.181 e. The molecule has 1 aromatic carbocycles. The van der Waals surface area contributed by atoms with Gasteiger partial charge in [0.05, 0.1) is 7.11 Å². The van der Waals surface area contributed by atoms with Crippen molar-refractivity contribution in [2.45, 2.75) is 6.92 Å². The Labute approximate surface area is 115 Å². The Morgan fingerprint density at radius 3 is 2.80 bits per heavy atom. The van der Waals surface area contributed by atoms with E-state index in [2.05, 4.69) is 4.98 Å². The highest BCUT2D eigenvalue weighted by Gasteiger charge is 2.15. The largest absolute Gasteiger partial charge is 0.493 e. The Morgan fingerprint density at radius 1 is 1.30 bits per heavy atom. The highest BCUT2D eigenvalue weighted by Crippen LogP contribution is 2.32. The van der Waals surface area contributed by atoms with Crippen LogP contribution in [0.1, 0.15) is 5.56 Å². The minimum Gasteiger partial charge on any atom is -0.493 e. The lowest BCUT2D eigenvalue weighted by atomic mass is 10.1. The molecule has 0 saturated heterocycles. The maximum absolute atomic E-state index is 13.2. The number of aromatic nitrogens is 2. The van der Waals surface area contributed by atoms with Crippen LogP contribution in [0.4, 0.5) is 10.2 Å².